The lowest BCUT2D eigenvalue weighted by Gasteiger charge is -2.16. The molecular weight excluding hydrogens is 456 g/mol. The van der Waals surface area contributed by atoms with E-state index in [1.165, 1.54) is 9.13 Å². The van der Waals surface area contributed by atoms with Crippen LogP contribution in [0.25, 0.3) is 0 Å². The van der Waals surface area contributed by atoms with Crippen LogP contribution in [-0.4, -0.2) is 41.8 Å². The zero-order chi connectivity index (χ0) is 23.2. The first-order chi connectivity index (χ1) is 15.1. The van der Waals surface area contributed by atoms with Crippen LogP contribution in [0.2, 0.25) is 0 Å². The Hall–Kier alpha value is -2.02. The number of aromatic amines is 2. The molecule has 0 saturated carbocycles. The van der Waals surface area contributed by atoms with E-state index in [2.05, 4.69) is 9.97 Å². The number of hydrogen-bond acceptors (Lipinski definition) is 8. The lowest BCUT2D eigenvalue weighted by atomic mass is 10.2. The molecule has 2 aliphatic heterocycles. The van der Waals surface area contributed by atoms with Crippen LogP contribution in [0, 0.1) is 13.8 Å². The van der Waals surface area contributed by atoms with Crippen molar-refractivity contribution in [1.29, 1.82) is 0 Å². The molecule has 2 aromatic rings. The predicted octanol–water partition coefficient (Wildman–Crippen LogP) is 1.44. The third-order valence-corrected chi connectivity index (χ3v) is 9.45. The van der Waals surface area contributed by atoms with Crippen LogP contribution in [0.1, 0.15) is 50.3 Å². The van der Waals surface area contributed by atoms with Crippen molar-refractivity contribution < 1.29 is 9.47 Å². The lowest BCUT2D eigenvalue weighted by Crippen LogP contribution is -2.33. The third-order valence-electron chi connectivity index (χ3n) is 5.87. The number of H-pyrrole nitrogens is 2. The largest absolute Gasteiger partial charge is 0.354 e. The molecule has 12 heteroatoms. The number of aryl methyl sites for hydroxylation is 2. The van der Waals surface area contributed by atoms with Crippen LogP contribution < -0.4 is 22.5 Å². The molecule has 0 amide bonds. The summed E-state index contributed by atoms with van der Waals surface area (Å²) in [5.41, 5.74) is -0.804. The van der Waals surface area contributed by atoms with Crippen molar-refractivity contribution in [2.75, 3.05) is 0 Å². The standard InChI is InChI=1S/C20H26N4O6S2/c1-9-7-23(19(27)21-17(9)25)15-5-13(11(3)29-15)31-32-14-6-16(30-12(14)4)24-8-10(2)18(26)22-20(24)28/h7-8,11-16H,5-6H2,1-4H3,(H,21,25,27)(H,22,26,28)/t11-,12-,13-,14-,15-,16-/m1/s1. The smallest absolute Gasteiger partial charge is 0.330 e. The first-order valence-corrected chi connectivity index (χ1v) is 12.7. The molecule has 4 heterocycles. The van der Waals surface area contributed by atoms with Crippen molar-refractivity contribution in [3.63, 3.8) is 0 Å². The normalized spacial score (nSPS) is 30.1. The molecule has 0 unspecified atom stereocenters. The average molecular weight is 483 g/mol. The molecule has 0 spiro atoms. The molecule has 10 nitrogen and oxygen atoms in total. The van der Waals surface area contributed by atoms with Crippen LogP contribution in [-0.2, 0) is 9.47 Å². The first-order valence-electron chi connectivity index (χ1n) is 10.4. The van der Waals surface area contributed by atoms with Crippen molar-refractivity contribution in [1.82, 2.24) is 19.1 Å². The average Bonchev–Trinajstić information content (AvgIpc) is 3.28. The van der Waals surface area contributed by atoms with Gasteiger partial charge in [0.2, 0.25) is 0 Å². The fourth-order valence-electron chi connectivity index (χ4n) is 3.90. The van der Waals surface area contributed by atoms with E-state index < -0.39 is 23.8 Å². The fourth-order valence-corrected chi connectivity index (χ4v) is 7.38. The minimum absolute atomic E-state index is 0.0745. The Morgan fingerprint density at radius 2 is 1.16 bits per heavy atom. The molecule has 2 aliphatic rings. The monoisotopic (exact) mass is 482 g/mol. The first kappa shape index (κ1) is 23.1. The zero-order valence-electron chi connectivity index (χ0n) is 18.2. The molecule has 0 radical (unpaired) electrons. The van der Waals surface area contributed by atoms with E-state index in [0.29, 0.717) is 24.0 Å². The minimum Gasteiger partial charge on any atom is -0.354 e. The van der Waals surface area contributed by atoms with Crippen molar-refractivity contribution in [2.24, 2.45) is 0 Å². The number of nitrogens with zero attached hydrogens (tertiary/aromatic N) is 2. The van der Waals surface area contributed by atoms with E-state index in [1.54, 1.807) is 47.8 Å². The van der Waals surface area contributed by atoms with Crippen LogP contribution >= 0.6 is 21.6 Å². The van der Waals surface area contributed by atoms with Crippen molar-refractivity contribution in [3.05, 3.63) is 65.2 Å². The van der Waals surface area contributed by atoms with Gasteiger partial charge in [-0.05, 0) is 27.7 Å². The van der Waals surface area contributed by atoms with E-state index in [9.17, 15) is 19.2 Å². The summed E-state index contributed by atoms with van der Waals surface area (Å²) in [6.07, 6.45) is 3.34. The van der Waals surface area contributed by atoms with E-state index in [-0.39, 0.29) is 33.8 Å². The second kappa shape index (κ2) is 9.08. The van der Waals surface area contributed by atoms with Gasteiger partial charge >= 0.3 is 11.4 Å². The highest BCUT2D eigenvalue weighted by molar-refractivity contribution is 8.77. The zero-order valence-corrected chi connectivity index (χ0v) is 19.8. The Kier molecular flexibility index (Phi) is 6.57. The van der Waals surface area contributed by atoms with Gasteiger partial charge in [0.05, 0.1) is 12.2 Å². The SMILES string of the molecule is Cc1cn([C@H]2C[C@@H](SS[C@@H]3C[C@H](n4cc(C)c(=O)[nH]c4=O)O[C@@H]3C)[C@@H](C)O2)c(=O)[nH]c1=O. The van der Waals surface area contributed by atoms with Gasteiger partial charge in [0, 0.05) is 46.9 Å². The summed E-state index contributed by atoms with van der Waals surface area (Å²) in [6, 6.07) is 0. The highest BCUT2D eigenvalue weighted by atomic mass is 33.1. The molecule has 2 saturated heterocycles. The van der Waals surface area contributed by atoms with Crippen LogP contribution in [0.15, 0.2) is 31.6 Å². The van der Waals surface area contributed by atoms with Gasteiger partial charge < -0.3 is 9.47 Å². The Balaban J connectivity index is 1.40. The van der Waals surface area contributed by atoms with Crippen LogP contribution in [0.4, 0.5) is 0 Å². The van der Waals surface area contributed by atoms with Crippen molar-refractivity contribution in [3.8, 4) is 0 Å². The molecule has 0 aliphatic carbocycles. The van der Waals surface area contributed by atoms with Crippen molar-refractivity contribution >= 4 is 21.6 Å². The minimum atomic E-state index is -0.474. The summed E-state index contributed by atoms with van der Waals surface area (Å²) in [6.45, 7) is 7.26. The van der Waals surface area contributed by atoms with Gasteiger partial charge in [-0.3, -0.25) is 28.7 Å². The molecule has 0 aromatic carbocycles. The van der Waals surface area contributed by atoms with E-state index in [1.807, 2.05) is 13.8 Å². The summed E-state index contributed by atoms with van der Waals surface area (Å²) in [7, 11) is 3.38. The third kappa shape index (κ3) is 4.54. The van der Waals surface area contributed by atoms with Crippen molar-refractivity contribution in [2.45, 2.75) is 75.7 Å². The topological polar surface area (TPSA) is 128 Å². The molecule has 32 heavy (non-hydrogen) atoms. The number of rotatable bonds is 5. The van der Waals surface area contributed by atoms with Gasteiger partial charge in [0.1, 0.15) is 12.5 Å². The van der Waals surface area contributed by atoms with Gasteiger partial charge in [-0.2, -0.15) is 0 Å². The molecule has 174 valence electrons. The van der Waals surface area contributed by atoms with E-state index in [4.69, 9.17) is 9.47 Å². The summed E-state index contributed by atoms with van der Waals surface area (Å²) in [5, 5.41) is 0.293. The maximum absolute atomic E-state index is 12.2. The second-order valence-corrected chi connectivity index (χ2v) is 11.0. The summed E-state index contributed by atoms with van der Waals surface area (Å²) in [5.74, 6) is 0. The summed E-state index contributed by atoms with van der Waals surface area (Å²) in [4.78, 5) is 52.3. The number of hydrogen-bond donors (Lipinski definition) is 2. The maximum atomic E-state index is 12.2. The van der Waals surface area contributed by atoms with Crippen LogP contribution in [0.5, 0.6) is 0 Å². The van der Waals surface area contributed by atoms with Gasteiger partial charge in [0.25, 0.3) is 11.1 Å². The highest BCUT2D eigenvalue weighted by Gasteiger charge is 2.38. The Morgan fingerprint density at radius 3 is 1.53 bits per heavy atom. The number of aromatic nitrogens is 4. The number of nitrogens with one attached hydrogen (secondary N) is 2. The molecule has 2 aromatic heterocycles. The maximum Gasteiger partial charge on any atom is 0.330 e. The van der Waals surface area contributed by atoms with Gasteiger partial charge in [0.15, 0.2) is 0 Å². The Labute approximate surface area is 191 Å². The fraction of sp³-hybridized carbons (Fsp3) is 0.600. The molecule has 4 rings (SSSR count). The lowest BCUT2D eigenvalue weighted by molar-refractivity contribution is 0.00810. The molecule has 2 fully saturated rings. The Morgan fingerprint density at radius 1 is 0.781 bits per heavy atom. The molecule has 2 N–H and O–H groups in total. The predicted molar refractivity (Wildman–Crippen MR) is 123 cm³/mol. The molecule has 6 atom stereocenters. The molecular formula is C20H26N4O6S2. The quantitative estimate of drug-likeness (QED) is 0.613. The highest BCUT2D eigenvalue weighted by Crippen LogP contribution is 2.47. The summed E-state index contributed by atoms with van der Waals surface area (Å²) < 4.78 is 14.9. The number of ether oxygens (including phenoxy) is 2. The molecule has 0 bridgehead atoms. The summed E-state index contributed by atoms with van der Waals surface area (Å²) >= 11 is 0. The van der Waals surface area contributed by atoms with E-state index >= 15 is 0 Å². The van der Waals surface area contributed by atoms with E-state index in [0.717, 1.165) is 0 Å². The Bertz CT molecular complexity index is 1140. The van der Waals surface area contributed by atoms with Gasteiger partial charge in [-0.25, -0.2) is 9.59 Å². The second-order valence-electron chi connectivity index (χ2n) is 8.29. The van der Waals surface area contributed by atoms with Gasteiger partial charge in [-0.15, -0.1) is 0 Å². The van der Waals surface area contributed by atoms with Gasteiger partial charge in [-0.1, -0.05) is 21.6 Å². The van der Waals surface area contributed by atoms with Crippen LogP contribution in [0.3, 0.4) is 0 Å².